The third-order valence-corrected chi connectivity index (χ3v) is 9.53. The van der Waals surface area contributed by atoms with Gasteiger partial charge in [-0.05, 0) is 49.7 Å². The fourth-order valence-electron chi connectivity index (χ4n) is 2.59. The summed E-state index contributed by atoms with van der Waals surface area (Å²) in [6, 6.07) is 0. The highest BCUT2D eigenvalue weighted by Crippen LogP contribution is 2.39. The highest BCUT2D eigenvalue weighted by Gasteiger charge is 2.40. The molecule has 1 aliphatic carbocycles. The van der Waals surface area contributed by atoms with Gasteiger partial charge in [0.1, 0.15) is 0 Å². The van der Waals surface area contributed by atoms with Crippen molar-refractivity contribution in [2.45, 2.75) is 90.5 Å². The minimum absolute atomic E-state index is 0.317. The molecule has 1 rings (SSSR count). The van der Waals surface area contributed by atoms with Crippen LogP contribution in [0.15, 0.2) is 0 Å². The predicted octanol–water partition coefficient (Wildman–Crippen LogP) is 5.38. The van der Waals surface area contributed by atoms with Crippen LogP contribution < -0.4 is 0 Å². The molecule has 1 aliphatic rings. The summed E-state index contributed by atoms with van der Waals surface area (Å²) < 4.78 is 12.4. The third-order valence-electron chi connectivity index (χ3n) is 5.00. The second kappa shape index (κ2) is 7.95. The smallest absolute Gasteiger partial charge is 0.192 e. The maximum absolute atomic E-state index is 6.58. The average Bonchev–Trinajstić information content (AvgIpc) is 2.33. The van der Waals surface area contributed by atoms with Crippen LogP contribution in [-0.2, 0) is 9.16 Å². The van der Waals surface area contributed by atoms with E-state index < -0.39 is 8.32 Å². The third kappa shape index (κ3) is 5.86. The van der Waals surface area contributed by atoms with Crippen LogP contribution in [0, 0.1) is 5.92 Å². The number of hydrogen-bond donors (Lipinski definition) is 0. The van der Waals surface area contributed by atoms with Crippen LogP contribution in [0.5, 0.6) is 0 Å². The Labute approximate surface area is 127 Å². The summed E-state index contributed by atoms with van der Waals surface area (Å²) in [6.45, 7) is 15.8. The van der Waals surface area contributed by atoms with E-state index >= 15 is 0 Å². The van der Waals surface area contributed by atoms with E-state index in [1.54, 1.807) is 0 Å². The monoisotopic (exact) mass is 300 g/mol. The molecule has 0 aliphatic heterocycles. The van der Waals surface area contributed by atoms with E-state index in [0.717, 1.165) is 19.1 Å². The van der Waals surface area contributed by atoms with Crippen LogP contribution in [0.4, 0.5) is 0 Å². The molecule has 0 amide bonds. The Hall–Kier alpha value is 0.137. The first-order valence-corrected chi connectivity index (χ1v) is 11.4. The summed E-state index contributed by atoms with van der Waals surface area (Å²) in [5, 5.41) is 0.317. The van der Waals surface area contributed by atoms with E-state index in [1.165, 1.54) is 38.5 Å². The molecule has 0 bridgehead atoms. The summed E-state index contributed by atoms with van der Waals surface area (Å²) in [5.41, 5.74) is 0. The van der Waals surface area contributed by atoms with Gasteiger partial charge in [0.05, 0.1) is 0 Å². The molecular formula is C17H36O2Si. The van der Waals surface area contributed by atoms with Gasteiger partial charge in [-0.2, -0.15) is 0 Å². The molecule has 1 saturated carbocycles. The lowest BCUT2D eigenvalue weighted by Gasteiger charge is -2.41. The SMILES string of the molecule is CCCCOCC1CCCC(O[Si](C)(C)C(C)(C)C)C1. The minimum Gasteiger partial charge on any atom is -0.414 e. The number of hydrogen-bond acceptors (Lipinski definition) is 2. The second-order valence-corrected chi connectivity index (χ2v) is 12.7. The molecule has 20 heavy (non-hydrogen) atoms. The van der Waals surface area contributed by atoms with Gasteiger partial charge in [-0.3, -0.25) is 0 Å². The van der Waals surface area contributed by atoms with Crippen LogP contribution in [0.1, 0.15) is 66.2 Å². The topological polar surface area (TPSA) is 18.5 Å². The van der Waals surface area contributed by atoms with Crippen LogP contribution >= 0.6 is 0 Å². The Bertz CT molecular complexity index is 271. The molecule has 0 saturated heterocycles. The standard InChI is InChI=1S/C17H36O2Si/c1-7-8-12-18-14-15-10-9-11-16(13-15)19-20(5,6)17(2,3)4/h15-16H,7-14H2,1-6H3. The molecule has 0 aromatic heterocycles. The first kappa shape index (κ1) is 18.2. The van der Waals surface area contributed by atoms with Crippen molar-refractivity contribution >= 4 is 8.32 Å². The van der Waals surface area contributed by atoms with E-state index in [2.05, 4.69) is 40.8 Å². The molecule has 0 heterocycles. The summed E-state index contributed by atoms with van der Waals surface area (Å²) >= 11 is 0. The number of ether oxygens (including phenoxy) is 1. The molecule has 0 aromatic carbocycles. The molecule has 3 heteroatoms. The van der Waals surface area contributed by atoms with Crippen molar-refractivity contribution in [1.82, 2.24) is 0 Å². The fraction of sp³-hybridized carbons (Fsp3) is 1.00. The van der Waals surface area contributed by atoms with Gasteiger partial charge in [0.2, 0.25) is 0 Å². The van der Waals surface area contributed by atoms with Crippen LogP contribution in [0.3, 0.4) is 0 Å². The van der Waals surface area contributed by atoms with Gasteiger partial charge >= 0.3 is 0 Å². The number of rotatable bonds is 7. The molecule has 2 nitrogen and oxygen atoms in total. The van der Waals surface area contributed by atoms with E-state index in [9.17, 15) is 0 Å². The molecule has 120 valence electrons. The van der Waals surface area contributed by atoms with Gasteiger partial charge in [0, 0.05) is 19.3 Å². The molecule has 0 N–H and O–H groups in total. The lowest BCUT2D eigenvalue weighted by Crippen LogP contribution is -2.45. The highest BCUT2D eigenvalue weighted by atomic mass is 28.4. The van der Waals surface area contributed by atoms with E-state index in [4.69, 9.17) is 9.16 Å². The maximum Gasteiger partial charge on any atom is 0.192 e. The van der Waals surface area contributed by atoms with Gasteiger partial charge in [-0.15, -0.1) is 0 Å². The van der Waals surface area contributed by atoms with Gasteiger partial charge in [-0.1, -0.05) is 40.5 Å². The Balaban J connectivity index is 2.37. The second-order valence-electron chi connectivity index (χ2n) is 7.96. The Morgan fingerprint density at radius 1 is 1.15 bits per heavy atom. The van der Waals surface area contributed by atoms with Gasteiger partial charge in [-0.25, -0.2) is 0 Å². The van der Waals surface area contributed by atoms with Crippen molar-refractivity contribution in [2.75, 3.05) is 13.2 Å². The lowest BCUT2D eigenvalue weighted by molar-refractivity contribution is 0.0446. The van der Waals surface area contributed by atoms with Crippen molar-refractivity contribution in [2.24, 2.45) is 5.92 Å². The maximum atomic E-state index is 6.58. The molecule has 0 spiro atoms. The zero-order valence-corrected chi connectivity index (χ0v) is 15.6. The quantitative estimate of drug-likeness (QED) is 0.464. The van der Waals surface area contributed by atoms with E-state index in [-0.39, 0.29) is 0 Å². The fourth-order valence-corrected chi connectivity index (χ4v) is 3.99. The molecule has 0 aromatic rings. The van der Waals surface area contributed by atoms with Crippen molar-refractivity contribution in [3.8, 4) is 0 Å². The Kier molecular flexibility index (Phi) is 7.23. The summed E-state index contributed by atoms with van der Waals surface area (Å²) in [7, 11) is -1.61. The largest absolute Gasteiger partial charge is 0.414 e. The number of unbranched alkanes of at least 4 members (excludes halogenated alkanes) is 1. The molecule has 2 unspecified atom stereocenters. The zero-order valence-electron chi connectivity index (χ0n) is 14.6. The zero-order chi connectivity index (χ0) is 15.2. The van der Waals surface area contributed by atoms with Crippen molar-refractivity contribution in [1.29, 1.82) is 0 Å². The molecule has 2 atom stereocenters. The van der Waals surface area contributed by atoms with Crippen molar-refractivity contribution < 1.29 is 9.16 Å². The van der Waals surface area contributed by atoms with E-state index in [0.29, 0.717) is 11.1 Å². The van der Waals surface area contributed by atoms with E-state index in [1.807, 2.05) is 0 Å². The Morgan fingerprint density at radius 2 is 1.85 bits per heavy atom. The normalized spacial score (nSPS) is 24.9. The summed E-state index contributed by atoms with van der Waals surface area (Å²) in [5.74, 6) is 0.718. The molecular weight excluding hydrogens is 264 g/mol. The van der Waals surface area contributed by atoms with Crippen LogP contribution in [0.25, 0.3) is 0 Å². The van der Waals surface area contributed by atoms with Crippen LogP contribution in [0.2, 0.25) is 18.1 Å². The first-order valence-electron chi connectivity index (χ1n) is 8.52. The van der Waals surface area contributed by atoms with Crippen molar-refractivity contribution in [3.63, 3.8) is 0 Å². The highest BCUT2D eigenvalue weighted by molar-refractivity contribution is 6.74. The first-order chi connectivity index (χ1) is 9.26. The van der Waals surface area contributed by atoms with Gasteiger partial charge < -0.3 is 9.16 Å². The molecule has 1 fully saturated rings. The predicted molar refractivity (Wildman–Crippen MR) is 89.8 cm³/mol. The average molecular weight is 301 g/mol. The lowest BCUT2D eigenvalue weighted by atomic mass is 9.88. The molecule has 0 radical (unpaired) electrons. The van der Waals surface area contributed by atoms with Crippen molar-refractivity contribution in [3.05, 3.63) is 0 Å². The Morgan fingerprint density at radius 3 is 2.45 bits per heavy atom. The van der Waals surface area contributed by atoms with Gasteiger partial charge in [0.15, 0.2) is 8.32 Å². The minimum atomic E-state index is -1.61. The summed E-state index contributed by atoms with van der Waals surface area (Å²) in [6.07, 6.45) is 7.98. The van der Waals surface area contributed by atoms with Gasteiger partial charge in [0.25, 0.3) is 0 Å². The van der Waals surface area contributed by atoms with Crippen LogP contribution in [-0.4, -0.2) is 27.6 Å². The summed E-state index contributed by atoms with van der Waals surface area (Å²) in [4.78, 5) is 0.